The first-order chi connectivity index (χ1) is 12.6. The maximum Gasteiger partial charge on any atom is 0.263 e. The summed E-state index contributed by atoms with van der Waals surface area (Å²) in [5.74, 6) is 1.25. The van der Waals surface area contributed by atoms with Crippen LogP contribution in [-0.2, 0) is 6.54 Å². The third-order valence-corrected chi connectivity index (χ3v) is 6.85. The number of fused-ring (bicyclic) bond motifs is 4. The number of amides is 1. The van der Waals surface area contributed by atoms with Crippen molar-refractivity contribution in [2.75, 3.05) is 25.4 Å². The summed E-state index contributed by atoms with van der Waals surface area (Å²) < 4.78 is 2.71. The maximum atomic E-state index is 12.8. The van der Waals surface area contributed by atoms with Crippen molar-refractivity contribution in [2.24, 2.45) is 5.92 Å². The van der Waals surface area contributed by atoms with Gasteiger partial charge in [0.1, 0.15) is 10.6 Å². The first-order valence-electron chi connectivity index (χ1n) is 8.77. The van der Waals surface area contributed by atoms with E-state index < -0.39 is 0 Å². The number of hydrogen-bond donors (Lipinski definition) is 2. The van der Waals surface area contributed by atoms with Crippen molar-refractivity contribution in [2.45, 2.75) is 30.1 Å². The Labute approximate surface area is 159 Å². The molecule has 2 atom stereocenters. The summed E-state index contributed by atoms with van der Waals surface area (Å²) in [5.41, 5.74) is 1.12. The van der Waals surface area contributed by atoms with Gasteiger partial charge in [-0.3, -0.25) is 9.59 Å². The number of nitrogens with zero attached hydrogens (tertiary/aromatic N) is 3. The van der Waals surface area contributed by atoms with E-state index in [0.717, 1.165) is 34.6 Å². The van der Waals surface area contributed by atoms with Gasteiger partial charge in [-0.2, -0.15) is 0 Å². The van der Waals surface area contributed by atoms with Crippen molar-refractivity contribution in [3.8, 4) is 0 Å². The molecule has 2 aliphatic heterocycles. The zero-order chi connectivity index (χ0) is 18.1. The predicted molar refractivity (Wildman–Crippen MR) is 102 cm³/mol. The Kier molecular flexibility index (Phi) is 5.10. The minimum Gasteiger partial charge on any atom is -0.351 e. The summed E-state index contributed by atoms with van der Waals surface area (Å²) in [4.78, 5) is 25.2. The van der Waals surface area contributed by atoms with Crippen LogP contribution in [0.25, 0.3) is 0 Å². The third-order valence-electron chi connectivity index (χ3n) is 4.87. The topological polar surface area (TPSA) is 88.9 Å². The largest absolute Gasteiger partial charge is 0.351 e. The number of thioether (sulfide) groups is 1. The molecule has 26 heavy (non-hydrogen) atoms. The van der Waals surface area contributed by atoms with E-state index in [-0.39, 0.29) is 17.0 Å². The van der Waals surface area contributed by atoms with E-state index in [0.29, 0.717) is 30.7 Å². The summed E-state index contributed by atoms with van der Waals surface area (Å²) in [6.07, 6.45) is 1.13. The lowest BCUT2D eigenvalue weighted by molar-refractivity contribution is 0.0953. The first-order valence-corrected chi connectivity index (χ1v) is 10.6. The van der Waals surface area contributed by atoms with Gasteiger partial charge in [0.25, 0.3) is 11.5 Å². The van der Waals surface area contributed by atoms with Crippen molar-refractivity contribution >= 4 is 29.0 Å². The SMILES string of the molecule is Cc1nnc(SCCNC(=O)c2ccc3n(c2=O)C[C@@H]2CNC[C@H]3C2)s1. The molecule has 2 N–H and O–H groups in total. The summed E-state index contributed by atoms with van der Waals surface area (Å²) in [6.45, 7) is 4.95. The number of aryl methyl sites for hydroxylation is 1. The second-order valence-corrected chi connectivity index (χ2v) is 9.26. The lowest BCUT2D eigenvalue weighted by Gasteiger charge is -2.37. The van der Waals surface area contributed by atoms with Crippen LogP contribution in [-0.4, -0.2) is 46.1 Å². The van der Waals surface area contributed by atoms with Gasteiger partial charge in [0, 0.05) is 37.0 Å². The molecule has 0 saturated carbocycles. The summed E-state index contributed by atoms with van der Waals surface area (Å²) in [6, 6.07) is 3.63. The summed E-state index contributed by atoms with van der Waals surface area (Å²) in [5, 5.41) is 15.2. The number of nitrogens with one attached hydrogen (secondary N) is 2. The molecule has 0 spiro atoms. The van der Waals surface area contributed by atoms with Gasteiger partial charge in [-0.25, -0.2) is 0 Å². The van der Waals surface area contributed by atoms with Crippen LogP contribution >= 0.6 is 23.1 Å². The highest BCUT2D eigenvalue weighted by molar-refractivity contribution is 8.01. The maximum absolute atomic E-state index is 12.8. The molecule has 0 radical (unpaired) electrons. The second kappa shape index (κ2) is 7.50. The van der Waals surface area contributed by atoms with Gasteiger partial charge in [-0.15, -0.1) is 10.2 Å². The Hall–Kier alpha value is -1.71. The highest BCUT2D eigenvalue weighted by Crippen LogP contribution is 2.31. The van der Waals surface area contributed by atoms with E-state index in [1.54, 1.807) is 17.8 Å². The minimum absolute atomic E-state index is 0.163. The highest BCUT2D eigenvalue weighted by Gasteiger charge is 2.31. The van der Waals surface area contributed by atoms with E-state index in [4.69, 9.17) is 0 Å². The predicted octanol–water partition coefficient (Wildman–Crippen LogP) is 1.24. The monoisotopic (exact) mass is 391 g/mol. The van der Waals surface area contributed by atoms with E-state index in [9.17, 15) is 9.59 Å². The van der Waals surface area contributed by atoms with Crippen LogP contribution in [0.2, 0.25) is 0 Å². The van der Waals surface area contributed by atoms with Gasteiger partial charge in [0.15, 0.2) is 4.34 Å². The quantitative estimate of drug-likeness (QED) is 0.589. The number of hydrogen-bond acceptors (Lipinski definition) is 7. The van der Waals surface area contributed by atoms with Crippen LogP contribution in [0.4, 0.5) is 0 Å². The molecule has 1 fully saturated rings. The number of carbonyl (C=O) groups excluding carboxylic acids is 1. The number of pyridine rings is 1. The first kappa shape index (κ1) is 17.7. The Balaban J connectivity index is 1.40. The second-order valence-electron chi connectivity index (χ2n) is 6.74. The van der Waals surface area contributed by atoms with Crippen molar-refractivity contribution in [3.63, 3.8) is 0 Å². The molecule has 2 bridgehead atoms. The minimum atomic E-state index is -0.298. The molecule has 9 heteroatoms. The highest BCUT2D eigenvalue weighted by atomic mass is 32.2. The van der Waals surface area contributed by atoms with Gasteiger partial charge < -0.3 is 15.2 Å². The molecular formula is C17H21N5O2S2. The van der Waals surface area contributed by atoms with Crippen LogP contribution in [0.15, 0.2) is 21.3 Å². The molecular weight excluding hydrogens is 370 g/mol. The molecule has 0 unspecified atom stereocenters. The Bertz CT molecular complexity index is 878. The molecule has 2 aliphatic rings. The Morgan fingerprint density at radius 3 is 3.12 bits per heavy atom. The molecule has 1 saturated heterocycles. The molecule has 4 rings (SSSR count). The average molecular weight is 392 g/mol. The van der Waals surface area contributed by atoms with Crippen molar-refractivity contribution < 1.29 is 4.79 Å². The summed E-state index contributed by atoms with van der Waals surface area (Å²) in [7, 11) is 0. The standard InChI is InChI=1S/C17H21N5O2S2/c1-10-20-21-17(26-10)25-5-4-19-15(23)13-2-3-14-12-6-11(7-18-8-12)9-22(14)16(13)24/h2-3,11-12,18H,4-9H2,1H3,(H,19,23)/t11-,12+/m0/s1. The zero-order valence-corrected chi connectivity index (χ0v) is 16.2. The molecule has 2 aromatic heterocycles. The van der Waals surface area contributed by atoms with Crippen molar-refractivity contribution in [1.82, 2.24) is 25.4 Å². The van der Waals surface area contributed by atoms with Crippen LogP contribution in [0.5, 0.6) is 0 Å². The van der Waals surface area contributed by atoms with Gasteiger partial charge in [0.05, 0.1) is 0 Å². The van der Waals surface area contributed by atoms with Crippen molar-refractivity contribution in [3.05, 3.63) is 38.8 Å². The van der Waals surface area contributed by atoms with Gasteiger partial charge >= 0.3 is 0 Å². The molecule has 7 nitrogen and oxygen atoms in total. The smallest absolute Gasteiger partial charge is 0.263 e. The average Bonchev–Trinajstić information content (AvgIpc) is 3.05. The molecule has 1 amide bonds. The van der Waals surface area contributed by atoms with Gasteiger partial charge in [-0.05, 0) is 37.9 Å². The van der Waals surface area contributed by atoms with E-state index in [1.165, 1.54) is 11.3 Å². The van der Waals surface area contributed by atoms with E-state index >= 15 is 0 Å². The molecule has 138 valence electrons. The van der Waals surface area contributed by atoms with Crippen LogP contribution in [0.3, 0.4) is 0 Å². The Morgan fingerprint density at radius 2 is 2.31 bits per heavy atom. The van der Waals surface area contributed by atoms with Gasteiger partial charge in [0.2, 0.25) is 0 Å². The van der Waals surface area contributed by atoms with Crippen LogP contribution in [0.1, 0.15) is 33.4 Å². The third kappa shape index (κ3) is 3.56. The van der Waals surface area contributed by atoms with E-state index in [2.05, 4.69) is 20.8 Å². The zero-order valence-electron chi connectivity index (χ0n) is 14.5. The Morgan fingerprint density at radius 1 is 1.42 bits per heavy atom. The summed E-state index contributed by atoms with van der Waals surface area (Å²) >= 11 is 3.09. The number of aromatic nitrogens is 3. The molecule has 0 aliphatic carbocycles. The number of carbonyl (C=O) groups is 1. The fraction of sp³-hybridized carbons (Fsp3) is 0.529. The molecule has 2 aromatic rings. The normalized spacial score (nSPS) is 21.3. The van der Waals surface area contributed by atoms with Crippen LogP contribution < -0.4 is 16.2 Å². The lowest BCUT2D eigenvalue weighted by atomic mass is 9.84. The lowest BCUT2D eigenvalue weighted by Crippen LogP contribution is -2.46. The van der Waals surface area contributed by atoms with Crippen molar-refractivity contribution in [1.29, 1.82) is 0 Å². The van der Waals surface area contributed by atoms with Crippen LogP contribution in [0, 0.1) is 12.8 Å². The molecule has 4 heterocycles. The number of piperidine rings is 1. The number of rotatable bonds is 5. The van der Waals surface area contributed by atoms with E-state index in [1.807, 2.05) is 17.6 Å². The fourth-order valence-electron chi connectivity index (χ4n) is 3.70. The molecule has 0 aromatic carbocycles. The fourth-order valence-corrected chi connectivity index (χ4v) is 5.44. The van der Waals surface area contributed by atoms with Gasteiger partial charge in [-0.1, -0.05) is 23.1 Å².